The molecule has 2 fully saturated rings. The van der Waals surface area contributed by atoms with Crippen molar-refractivity contribution in [3.05, 3.63) is 0 Å². The predicted molar refractivity (Wildman–Crippen MR) is 73.1 cm³/mol. The SMILES string of the molecule is CN1CCC(C(CN)CN2CCCCC2)CC1. The minimum atomic E-state index is 0.738. The maximum absolute atomic E-state index is 6.02. The van der Waals surface area contributed by atoms with Crippen LogP contribution in [0.2, 0.25) is 0 Å². The lowest BCUT2D eigenvalue weighted by Crippen LogP contribution is -2.42. The van der Waals surface area contributed by atoms with E-state index in [1.165, 1.54) is 64.8 Å². The highest BCUT2D eigenvalue weighted by atomic mass is 15.1. The average molecular weight is 239 g/mol. The first-order chi connectivity index (χ1) is 8.29. The normalized spacial score (nSPS) is 27.2. The van der Waals surface area contributed by atoms with Crippen LogP contribution in [-0.2, 0) is 0 Å². The summed E-state index contributed by atoms with van der Waals surface area (Å²) in [6, 6.07) is 0. The minimum absolute atomic E-state index is 0.738. The van der Waals surface area contributed by atoms with E-state index in [0.29, 0.717) is 0 Å². The summed E-state index contributed by atoms with van der Waals surface area (Å²) >= 11 is 0. The lowest BCUT2D eigenvalue weighted by Gasteiger charge is -2.37. The number of nitrogens with zero attached hydrogens (tertiary/aromatic N) is 2. The molecule has 0 aliphatic carbocycles. The fourth-order valence-corrected chi connectivity index (χ4v) is 3.39. The van der Waals surface area contributed by atoms with Crippen molar-refractivity contribution >= 4 is 0 Å². The number of likely N-dealkylation sites (tertiary alicyclic amines) is 2. The van der Waals surface area contributed by atoms with Crippen LogP contribution in [0.1, 0.15) is 32.1 Å². The first-order valence-corrected chi connectivity index (χ1v) is 7.40. The quantitative estimate of drug-likeness (QED) is 0.805. The van der Waals surface area contributed by atoms with Gasteiger partial charge in [-0.15, -0.1) is 0 Å². The van der Waals surface area contributed by atoms with Gasteiger partial charge in [-0.1, -0.05) is 6.42 Å². The molecule has 1 unspecified atom stereocenters. The standard InChI is InChI=1S/C14H29N3/c1-16-9-5-13(6-10-16)14(11-15)12-17-7-3-2-4-8-17/h13-14H,2-12,15H2,1H3. The smallest absolute Gasteiger partial charge is 0.00244 e. The van der Waals surface area contributed by atoms with E-state index in [-0.39, 0.29) is 0 Å². The van der Waals surface area contributed by atoms with Gasteiger partial charge in [-0.25, -0.2) is 0 Å². The molecule has 0 aromatic carbocycles. The molecule has 0 radical (unpaired) electrons. The van der Waals surface area contributed by atoms with Gasteiger partial charge < -0.3 is 15.5 Å². The number of nitrogens with two attached hydrogens (primary N) is 1. The second-order valence-electron chi connectivity index (χ2n) is 6.00. The lowest BCUT2D eigenvalue weighted by atomic mass is 9.83. The van der Waals surface area contributed by atoms with E-state index in [0.717, 1.165) is 18.4 Å². The molecule has 2 saturated heterocycles. The summed E-state index contributed by atoms with van der Waals surface area (Å²) in [5.41, 5.74) is 6.02. The highest BCUT2D eigenvalue weighted by Gasteiger charge is 2.26. The number of hydrogen-bond donors (Lipinski definition) is 1. The largest absolute Gasteiger partial charge is 0.330 e. The van der Waals surface area contributed by atoms with Gasteiger partial charge in [0.25, 0.3) is 0 Å². The van der Waals surface area contributed by atoms with Crippen LogP contribution in [0.25, 0.3) is 0 Å². The van der Waals surface area contributed by atoms with Crippen molar-refractivity contribution in [1.29, 1.82) is 0 Å². The van der Waals surface area contributed by atoms with E-state index < -0.39 is 0 Å². The molecule has 0 aromatic rings. The van der Waals surface area contributed by atoms with E-state index in [1.54, 1.807) is 0 Å². The first-order valence-electron chi connectivity index (χ1n) is 7.40. The van der Waals surface area contributed by atoms with Crippen LogP contribution in [-0.4, -0.2) is 56.1 Å². The van der Waals surface area contributed by atoms with Crippen LogP contribution in [0.3, 0.4) is 0 Å². The summed E-state index contributed by atoms with van der Waals surface area (Å²) in [6.45, 7) is 7.28. The number of rotatable bonds is 4. The molecule has 0 amide bonds. The molecule has 2 heterocycles. The van der Waals surface area contributed by atoms with Crippen molar-refractivity contribution in [3.63, 3.8) is 0 Å². The predicted octanol–water partition coefficient (Wildman–Crippen LogP) is 1.39. The van der Waals surface area contributed by atoms with Gasteiger partial charge in [0.1, 0.15) is 0 Å². The Morgan fingerprint density at radius 2 is 1.71 bits per heavy atom. The monoisotopic (exact) mass is 239 g/mol. The maximum atomic E-state index is 6.02. The van der Waals surface area contributed by atoms with Crippen molar-refractivity contribution < 1.29 is 0 Å². The van der Waals surface area contributed by atoms with Gasteiger partial charge in [0.2, 0.25) is 0 Å². The zero-order valence-corrected chi connectivity index (χ0v) is 11.4. The van der Waals surface area contributed by atoms with Gasteiger partial charge in [0.05, 0.1) is 0 Å². The van der Waals surface area contributed by atoms with Gasteiger partial charge in [-0.05, 0) is 77.3 Å². The summed E-state index contributed by atoms with van der Waals surface area (Å²) in [5.74, 6) is 1.61. The maximum Gasteiger partial charge on any atom is 0.00244 e. The van der Waals surface area contributed by atoms with Crippen molar-refractivity contribution in [2.45, 2.75) is 32.1 Å². The molecule has 0 saturated carbocycles. The van der Waals surface area contributed by atoms with E-state index in [1.807, 2.05) is 0 Å². The molecule has 2 N–H and O–H groups in total. The Kier molecular flexibility index (Phi) is 5.26. The summed E-state index contributed by atoms with van der Waals surface area (Å²) in [4.78, 5) is 5.10. The Morgan fingerprint density at radius 1 is 1.06 bits per heavy atom. The summed E-state index contributed by atoms with van der Waals surface area (Å²) < 4.78 is 0. The van der Waals surface area contributed by atoms with Gasteiger partial charge in [-0.2, -0.15) is 0 Å². The Bertz CT molecular complexity index is 206. The van der Waals surface area contributed by atoms with Crippen LogP contribution in [0.15, 0.2) is 0 Å². The Morgan fingerprint density at radius 3 is 2.29 bits per heavy atom. The van der Waals surface area contributed by atoms with Crippen LogP contribution >= 0.6 is 0 Å². The highest BCUT2D eigenvalue weighted by Crippen LogP contribution is 2.25. The average Bonchev–Trinajstić information content (AvgIpc) is 2.38. The minimum Gasteiger partial charge on any atom is -0.330 e. The van der Waals surface area contributed by atoms with E-state index in [9.17, 15) is 0 Å². The van der Waals surface area contributed by atoms with E-state index >= 15 is 0 Å². The topological polar surface area (TPSA) is 32.5 Å². The van der Waals surface area contributed by atoms with Gasteiger partial charge >= 0.3 is 0 Å². The number of piperidine rings is 2. The summed E-state index contributed by atoms with van der Waals surface area (Å²) in [6.07, 6.45) is 6.92. The molecule has 1 atom stereocenters. The van der Waals surface area contributed by atoms with Crippen molar-refractivity contribution in [1.82, 2.24) is 9.80 Å². The van der Waals surface area contributed by atoms with Gasteiger partial charge in [-0.3, -0.25) is 0 Å². The molecule has 2 aliphatic rings. The van der Waals surface area contributed by atoms with E-state index in [2.05, 4.69) is 16.8 Å². The van der Waals surface area contributed by atoms with Crippen LogP contribution in [0, 0.1) is 11.8 Å². The van der Waals surface area contributed by atoms with Crippen molar-refractivity contribution in [2.75, 3.05) is 46.3 Å². The molecule has 3 heteroatoms. The zero-order chi connectivity index (χ0) is 12.1. The molecule has 0 aromatic heterocycles. The zero-order valence-electron chi connectivity index (χ0n) is 11.4. The third-order valence-electron chi connectivity index (χ3n) is 4.67. The molecule has 2 rings (SSSR count). The molecular formula is C14H29N3. The highest BCUT2D eigenvalue weighted by molar-refractivity contribution is 4.80. The number of hydrogen-bond acceptors (Lipinski definition) is 3. The van der Waals surface area contributed by atoms with Gasteiger partial charge in [0.15, 0.2) is 0 Å². The van der Waals surface area contributed by atoms with Crippen LogP contribution in [0.5, 0.6) is 0 Å². The second kappa shape index (κ2) is 6.72. The fraction of sp³-hybridized carbons (Fsp3) is 1.00. The molecule has 17 heavy (non-hydrogen) atoms. The van der Waals surface area contributed by atoms with E-state index in [4.69, 9.17) is 5.73 Å². The Labute approximate surface area is 106 Å². The molecule has 2 aliphatic heterocycles. The molecule has 0 bridgehead atoms. The Balaban J connectivity index is 1.78. The third-order valence-corrected chi connectivity index (χ3v) is 4.67. The Hall–Kier alpha value is -0.120. The molecule has 0 spiro atoms. The fourth-order valence-electron chi connectivity index (χ4n) is 3.39. The summed E-state index contributed by atoms with van der Waals surface area (Å²) in [7, 11) is 2.23. The lowest BCUT2D eigenvalue weighted by molar-refractivity contribution is 0.124. The second-order valence-corrected chi connectivity index (χ2v) is 6.00. The first kappa shape index (κ1) is 13.3. The molecule has 100 valence electrons. The van der Waals surface area contributed by atoms with Crippen molar-refractivity contribution in [3.8, 4) is 0 Å². The van der Waals surface area contributed by atoms with Crippen molar-refractivity contribution in [2.24, 2.45) is 17.6 Å². The molecule has 3 nitrogen and oxygen atoms in total. The third kappa shape index (κ3) is 3.94. The van der Waals surface area contributed by atoms with Crippen LogP contribution < -0.4 is 5.73 Å². The summed E-state index contributed by atoms with van der Waals surface area (Å²) in [5, 5.41) is 0. The molecular weight excluding hydrogens is 210 g/mol. The van der Waals surface area contributed by atoms with Gasteiger partial charge in [0, 0.05) is 6.54 Å². The van der Waals surface area contributed by atoms with Crippen LogP contribution in [0.4, 0.5) is 0 Å².